The Labute approximate surface area is 187 Å². The van der Waals surface area contributed by atoms with Crippen molar-refractivity contribution < 1.29 is 5.11 Å². The zero-order chi connectivity index (χ0) is 21.9. The van der Waals surface area contributed by atoms with E-state index in [0.717, 1.165) is 49.4 Å². The molecule has 1 N–H and O–H groups in total. The molecule has 3 rings (SSSR count). The second kappa shape index (κ2) is 9.76. The molecule has 1 heteroatoms. The van der Waals surface area contributed by atoms with Gasteiger partial charge in [-0.25, -0.2) is 0 Å². The van der Waals surface area contributed by atoms with Gasteiger partial charge >= 0.3 is 0 Å². The third kappa shape index (κ3) is 5.14. The summed E-state index contributed by atoms with van der Waals surface area (Å²) >= 11 is 0. The molecule has 0 aromatic rings. The van der Waals surface area contributed by atoms with Crippen LogP contribution in [0.4, 0.5) is 0 Å². The quantitative estimate of drug-likeness (QED) is 0.445. The van der Waals surface area contributed by atoms with Gasteiger partial charge in [0, 0.05) is 6.42 Å². The fourth-order valence-corrected chi connectivity index (χ4v) is 7.06. The van der Waals surface area contributed by atoms with Crippen molar-refractivity contribution in [2.75, 3.05) is 0 Å². The topological polar surface area (TPSA) is 20.2 Å². The van der Waals surface area contributed by atoms with Gasteiger partial charge in [0.1, 0.15) is 0 Å². The molecule has 0 heterocycles. The predicted octanol–water partition coefficient (Wildman–Crippen LogP) is 8.40. The molecule has 0 saturated heterocycles. The third-order valence-electron chi connectivity index (χ3n) is 9.19. The van der Waals surface area contributed by atoms with E-state index in [-0.39, 0.29) is 0 Å². The number of hydrogen-bond acceptors (Lipinski definition) is 1. The van der Waals surface area contributed by atoms with Crippen molar-refractivity contribution in [2.45, 2.75) is 117 Å². The van der Waals surface area contributed by atoms with Gasteiger partial charge in [0.25, 0.3) is 0 Å². The van der Waals surface area contributed by atoms with E-state index in [1.807, 2.05) is 0 Å². The van der Waals surface area contributed by atoms with E-state index in [4.69, 9.17) is 0 Å². The molecule has 0 aromatic heterocycles. The lowest BCUT2D eigenvalue weighted by Crippen LogP contribution is -2.36. The lowest BCUT2D eigenvalue weighted by atomic mass is 9.60. The summed E-state index contributed by atoms with van der Waals surface area (Å²) in [6.45, 7) is 16.3. The van der Waals surface area contributed by atoms with E-state index in [1.54, 1.807) is 5.57 Å². The second-order valence-corrected chi connectivity index (χ2v) is 11.7. The predicted molar refractivity (Wildman–Crippen MR) is 130 cm³/mol. The highest BCUT2D eigenvalue weighted by molar-refractivity contribution is 5.37. The molecule has 0 amide bonds. The van der Waals surface area contributed by atoms with Gasteiger partial charge in [0.15, 0.2) is 0 Å². The highest BCUT2D eigenvalue weighted by Gasteiger charge is 2.50. The molecule has 3 fully saturated rings. The Hall–Kier alpha value is -0.820. The average Bonchev–Trinajstić information content (AvgIpc) is 3.06. The Morgan fingerprint density at radius 2 is 1.87 bits per heavy atom. The normalized spacial score (nSPS) is 38.4. The van der Waals surface area contributed by atoms with Crippen LogP contribution in [0.15, 0.2) is 35.5 Å². The van der Waals surface area contributed by atoms with Crippen LogP contribution in [0, 0.1) is 29.1 Å². The molecule has 0 radical (unpaired) electrons. The van der Waals surface area contributed by atoms with Crippen LogP contribution in [0.2, 0.25) is 0 Å². The van der Waals surface area contributed by atoms with Gasteiger partial charge in [-0.1, -0.05) is 83.8 Å². The highest BCUT2D eigenvalue weighted by atomic mass is 16.3. The molecule has 3 aliphatic carbocycles. The summed E-state index contributed by atoms with van der Waals surface area (Å²) in [6.07, 6.45) is 19.2. The Bertz CT molecular complexity index is 668. The van der Waals surface area contributed by atoms with E-state index in [1.165, 1.54) is 62.5 Å². The fourth-order valence-electron chi connectivity index (χ4n) is 7.06. The van der Waals surface area contributed by atoms with Gasteiger partial charge in [-0.3, -0.25) is 0 Å². The number of allylic oxidation sites excluding steroid dienone is 4. The minimum Gasteiger partial charge on any atom is -0.390 e. The molecule has 0 aromatic carbocycles. The van der Waals surface area contributed by atoms with Gasteiger partial charge in [-0.15, -0.1) is 0 Å². The van der Waals surface area contributed by atoms with Crippen molar-refractivity contribution in [1.29, 1.82) is 0 Å². The van der Waals surface area contributed by atoms with Crippen molar-refractivity contribution >= 4 is 0 Å². The molecule has 1 unspecified atom stereocenters. The standard InChI is InChI=1S/C29H48O/c1-7-29(30)19-17-22(4)25(20-29)14-13-24-12-9-18-28(6)26(15-16-27(24)28)23(5)11-8-10-21(2)3/h13-14,21,23,26-27,30H,4,7-12,15-20H2,1-3,5-6H3/b24-13?,25-14-/t23-,26-,27?,28-,29+/m1/s1. The molecule has 170 valence electrons. The maximum Gasteiger partial charge on any atom is 0.0688 e. The average molecular weight is 413 g/mol. The first kappa shape index (κ1) is 23.8. The van der Waals surface area contributed by atoms with Crippen LogP contribution in [0.3, 0.4) is 0 Å². The third-order valence-corrected chi connectivity index (χ3v) is 9.19. The van der Waals surface area contributed by atoms with E-state index in [9.17, 15) is 5.11 Å². The van der Waals surface area contributed by atoms with Crippen molar-refractivity contribution in [1.82, 2.24) is 0 Å². The summed E-state index contributed by atoms with van der Waals surface area (Å²) in [4.78, 5) is 0. The summed E-state index contributed by atoms with van der Waals surface area (Å²) in [6, 6.07) is 0. The largest absolute Gasteiger partial charge is 0.390 e. The molecule has 0 spiro atoms. The molecule has 30 heavy (non-hydrogen) atoms. The van der Waals surface area contributed by atoms with Crippen molar-refractivity contribution in [3.05, 3.63) is 35.5 Å². The van der Waals surface area contributed by atoms with Crippen molar-refractivity contribution in [2.24, 2.45) is 29.1 Å². The van der Waals surface area contributed by atoms with Crippen LogP contribution in [0.5, 0.6) is 0 Å². The van der Waals surface area contributed by atoms with E-state index < -0.39 is 5.60 Å². The monoisotopic (exact) mass is 412 g/mol. The zero-order valence-corrected chi connectivity index (χ0v) is 20.6. The molecule has 3 saturated carbocycles. The Kier molecular flexibility index (Phi) is 7.76. The number of fused-ring (bicyclic) bond motifs is 1. The summed E-state index contributed by atoms with van der Waals surface area (Å²) in [7, 11) is 0. The van der Waals surface area contributed by atoms with Crippen LogP contribution in [0.25, 0.3) is 0 Å². The van der Waals surface area contributed by atoms with Crippen LogP contribution >= 0.6 is 0 Å². The molecular weight excluding hydrogens is 364 g/mol. The minimum absolute atomic E-state index is 0.494. The fraction of sp³-hybridized carbons (Fsp3) is 0.793. The first-order valence-corrected chi connectivity index (χ1v) is 13.0. The summed E-state index contributed by atoms with van der Waals surface area (Å²) in [5.74, 6) is 3.35. The first-order chi connectivity index (χ1) is 14.2. The van der Waals surface area contributed by atoms with Gasteiger partial charge in [-0.05, 0) is 86.0 Å². The molecular formula is C29H48O. The molecule has 0 bridgehead atoms. The lowest BCUT2D eigenvalue weighted by molar-refractivity contribution is 0.0224. The van der Waals surface area contributed by atoms with Crippen LogP contribution in [-0.2, 0) is 0 Å². The first-order valence-electron chi connectivity index (χ1n) is 13.0. The number of aliphatic hydroxyl groups is 1. The summed E-state index contributed by atoms with van der Waals surface area (Å²) < 4.78 is 0. The van der Waals surface area contributed by atoms with Crippen LogP contribution < -0.4 is 0 Å². The Balaban J connectivity index is 1.72. The number of hydrogen-bond donors (Lipinski definition) is 1. The summed E-state index contributed by atoms with van der Waals surface area (Å²) in [5.41, 5.74) is 4.20. The van der Waals surface area contributed by atoms with Gasteiger partial charge in [0.05, 0.1) is 5.60 Å². The minimum atomic E-state index is -0.517. The Morgan fingerprint density at radius 3 is 2.57 bits per heavy atom. The smallest absolute Gasteiger partial charge is 0.0688 e. The number of rotatable bonds is 7. The molecule has 0 aliphatic heterocycles. The SMILES string of the molecule is C=C1CC[C@@](O)(CC)C/C1=C/C=C1CCC[C@@]2(C)C1CC[C@@H]2[C@H](C)CCCC(C)C. The molecule has 1 nitrogen and oxygen atoms in total. The van der Waals surface area contributed by atoms with E-state index in [2.05, 4.69) is 53.3 Å². The molecule has 5 atom stereocenters. The molecule has 3 aliphatic rings. The van der Waals surface area contributed by atoms with Crippen LogP contribution in [-0.4, -0.2) is 10.7 Å². The van der Waals surface area contributed by atoms with Gasteiger partial charge < -0.3 is 5.11 Å². The van der Waals surface area contributed by atoms with Gasteiger partial charge in [0.2, 0.25) is 0 Å². The zero-order valence-electron chi connectivity index (χ0n) is 20.6. The van der Waals surface area contributed by atoms with E-state index >= 15 is 0 Å². The van der Waals surface area contributed by atoms with Crippen molar-refractivity contribution in [3.8, 4) is 0 Å². The van der Waals surface area contributed by atoms with Gasteiger partial charge in [-0.2, -0.15) is 0 Å². The van der Waals surface area contributed by atoms with Crippen LogP contribution in [0.1, 0.15) is 112 Å². The maximum absolute atomic E-state index is 10.8. The lowest BCUT2D eigenvalue weighted by Gasteiger charge is -2.44. The van der Waals surface area contributed by atoms with Crippen molar-refractivity contribution in [3.63, 3.8) is 0 Å². The highest BCUT2D eigenvalue weighted by Crippen LogP contribution is 2.60. The van der Waals surface area contributed by atoms with E-state index in [0.29, 0.717) is 5.41 Å². The summed E-state index contributed by atoms with van der Waals surface area (Å²) in [5, 5.41) is 10.8. The second-order valence-electron chi connectivity index (χ2n) is 11.7. The Morgan fingerprint density at radius 1 is 1.10 bits per heavy atom. The maximum atomic E-state index is 10.8.